The summed E-state index contributed by atoms with van der Waals surface area (Å²) in [5.41, 5.74) is 6.85. The van der Waals surface area contributed by atoms with E-state index in [0.29, 0.717) is 6.42 Å². The van der Waals surface area contributed by atoms with E-state index in [4.69, 9.17) is 9.47 Å². The summed E-state index contributed by atoms with van der Waals surface area (Å²) >= 11 is 0. The predicted octanol–water partition coefficient (Wildman–Crippen LogP) is 5.50. The van der Waals surface area contributed by atoms with Crippen molar-refractivity contribution < 1.29 is 19.1 Å². The van der Waals surface area contributed by atoms with Crippen LogP contribution >= 0.6 is 0 Å². The lowest BCUT2D eigenvalue weighted by atomic mass is 9.86. The minimum Gasteiger partial charge on any atom is -0.454 e. The highest BCUT2D eigenvalue weighted by Crippen LogP contribution is 2.51. The minimum absolute atomic E-state index is 0.0877. The molecule has 1 aliphatic carbocycles. The number of carbonyl (C=O) groups excluding carboxylic acids is 2. The van der Waals surface area contributed by atoms with E-state index in [2.05, 4.69) is 24.4 Å². The number of rotatable bonds is 6. The fraction of sp³-hybridized carbons (Fsp3) is 0.286. The number of hydrogen-bond donors (Lipinski definition) is 1. The van der Waals surface area contributed by atoms with Gasteiger partial charge >= 0.3 is 0 Å². The molecule has 1 aliphatic heterocycles. The molecule has 0 unspecified atom stereocenters. The molecule has 0 atom stereocenters. The summed E-state index contributed by atoms with van der Waals surface area (Å²) in [6.07, 6.45) is 2.13. The van der Waals surface area contributed by atoms with Crippen LogP contribution in [0.1, 0.15) is 42.0 Å². The number of carbonyl (C=O) groups is 2. The van der Waals surface area contributed by atoms with Gasteiger partial charge in [0.15, 0.2) is 11.5 Å². The normalized spacial score (nSPS) is 15.2. The van der Waals surface area contributed by atoms with Gasteiger partial charge in [0.05, 0.1) is 5.41 Å². The summed E-state index contributed by atoms with van der Waals surface area (Å²) in [5, 5.41) is 2.83. The Kier molecular flexibility index (Phi) is 5.20. The molecule has 1 fully saturated rings. The maximum atomic E-state index is 13.4. The van der Waals surface area contributed by atoms with E-state index in [9.17, 15) is 9.59 Å². The van der Waals surface area contributed by atoms with Crippen molar-refractivity contribution in [2.45, 2.75) is 45.4 Å². The van der Waals surface area contributed by atoms with Crippen LogP contribution in [0.25, 0.3) is 11.1 Å². The van der Waals surface area contributed by atoms with E-state index in [1.807, 2.05) is 49.4 Å². The number of Topliss-reactive ketones (excluding diaryl/α,β-unsaturated/α-hetero) is 1. The number of aryl methyl sites for hydroxylation is 2. The minimum atomic E-state index is -0.415. The van der Waals surface area contributed by atoms with Gasteiger partial charge < -0.3 is 14.8 Å². The Morgan fingerprint density at radius 1 is 0.879 bits per heavy atom. The molecule has 0 spiro atoms. The van der Waals surface area contributed by atoms with Gasteiger partial charge in [-0.15, -0.1) is 0 Å². The van der Waals surface area contributed by atoms with Gasteiger partial charge in [-0.1, -0.05) is 30.3 Å². The molecule has 3 aromatic rings. The number of fused-ring (bicyclic) bond motifs is 1. The molecule has 33 heavy (non-hydrogen) atoms. The monoisotopic (exact) mass is 441 g/mol. The average molecular weight is 442 g/mol. The lowest BCUT2D eigenvalue weighted by molar-refractivity contribution is -0.120. The van der Waals surface area contributed by atoms with Crippen LogP contribution in [0.4, 0.5) is 5.69 Å². The Morgan fingerprint density at radius 2 is 1.67 bits per heavy atom. The van der Waals surface area contributed by atoms with Crippen molar-refractivity contribution in [2.75, 3.05) is 12.1 Å². The molecule has 0 bridgehead atoms. The summed E-state index contributed by atoms with van der Waals surface area (Å²) in [4.78, 5) is 24.8. The maximum absolute atomic E-state index is 13.4. The molecule has 2 aliphatic rings. The molecule has 0 aromatic heterocycles. The van der Waals surface area contributed by atoms with E-state index < -0.39 is 5.41 Å². The van der Waals surface area contributed by atoms with Gasteiger partial charge in [-0.2, -0.15) is 0 Å². The van der Waals surface area contributed by atoms with E-state index >= 15 is 0 Å². The van der Waals surface area contributed by atoms with Gasteiger partial charge in [-0.25, -0.2) is 0 Å². The van der Waals surface area contributed by atoms with E-state index in [0.717, 1.165) is 63.4 Å². The number of benzene rings is 3. The van der Waals surface area contributed by atoms with Crippen LogP contribution in [0.2, 0.25) is 0 Å². The smallest absolute Gasteiger partial charge is 0.231 e. The fourth-order valence-electron chi connectivity index (χ4n) is 4.72. The van der Waals surface area contributed by atoms with Gasteiger partial charge in [0.25, 0.3) is 0 Å². The Bertz CT molecular complexity index is 1270. The molecule has 5 rings (SSSR count). The van der Waals surface area contributed by atoms with Crippen molar-refractivity contribution in [1.29, 1.82) is 0 Å². The first kappa shape index (κ1) is 21.3. The Hall–Kier alpha value is -3.60. The quantitative estimate of drug-likeness (QED) is 0.549. The molecule has 5 nitrogen and oxygen atoms in total. The van der Waals surface area contributed by atoms with Crippen LogP contribution in [-0.2, 0) is 21.4 Å². The highest BCUT2D eigenvalue weighted by atomic mass is 16.7. The standard InChI is InChI=1S/C28H27NO4/c1-17-4-5-20(13-24(17)23-8-7-22(12-18(23)2)29-19(3)30)14-27(31)28(10-11-28)21-6-9-25-26(15-21)33-16-32-25/h4-9,12-13,15H,10-11,14,16H2,1-3H3,(H,29,30). The Balaban J connectivity index is 1.40. The van der Waals surface area contributed by atoms with E-state index in [1.54, 1.807) is 0 Å². The zero-order valence-corrected chi connectivity index (χ0v) is 19.2. The third kappa shape index (κ3) is 3.99. The van der Waals surface area contributed by atoms with Crippen molar-refractivity contribution in [3.05, 3.63) is 76.9 Å². The molecule has 1 saturated carbocycles. The molecular formula is C28H27NO4. The van der Waals surface area contributed by atoms with Crippen LogP contribution in [0.5, 0.6) is 11.5 Å². The third-order valence-electron chi connectivity index (χ3n) is 6.71. The van der Waals surface area contributed by atoms with Gasteiger partial charge in [0.1, 0.15) is 5.78 Å². The maximum Gasteiger partial charge on any atom is 0.231 e. The highest BCUT2D eigenvalue weighted by molar-refractivity contribution is 5.95. The Labute approximate surface area is 193 Å². The molecule has 1 N–H and O–H groups in total. The predicted molar refractivity (Wildman–Crippen MR) is 128 cm³/mol. The zero-order valence-electron chi connectivity index (χ0n) is 19.2. The zero-order chi connectivity index (χ0) is 23.2. The number of nitrogens with one attached hydrogen (secondary N) is 1. The lowest BCUT2D eigenvalue weighted by Crippen LogP contribution is -2.22. The number of amides is 1. The highest BCUT2D eigenvalue weighted by Gasteiger charge is 2.50. The molecule has 0 radical (unpaired) electrons. The van der Waals surface area contributed by atoms with Gasteiger partial charge in [-0.3, -0.25) is 9.59 Å². The fourth-order valence-corrected chi connectivity index (χ4v) is 4.72. The van der Waals surface area contributed by atoms with E-state index in [-0.39, 0.29) is 18.5 Å². The molecule has 1 heterocycles. The molecule has 1 amide bonds. The third-order valence-corrected chi connectivity index (χ3v) is 6.71. The van der Waals surface area contributed by atoms with Gasteiger partial charge in [0, 0.05) is 19.0 Å². The van der Waals surface area contributed by atoms with Crippen molar-refractivity contribution >= 4 is 17.4 Å². The van der Waals surface area contributed by atoms with Crippen LogP contribution in [0.15, 0.2) is 54.6 Å². The summed E-state index contributed by atoms with van der Waals surface area (Å²) in [5.74, 6) is 1.62. The first-order valence-corrected chi connectivity index (χ1v) is 11.3. The topological polar surface area (TPSA) is 64.6 Å². The summed E-state index contributed by atoms with van der Waals surface area (Å²) < 4.78 is 10.9. The average Bonchev–Trinajstić information content (AvgIpc) is 3.46. The van der Waals surface area contributed by atoms with Crippen LogP contribution in [0, 0.1) is 13.8 Å². The second-order valence-corrected chi connectivity index (χ2v) is 9.11. The lowest BCUT2D eigenvalue weighted by Gasteiger charge is -2.17. The van der Waals surface area contributed by atoms with Crippen LogP contribution < -0.4 is 14.8 Å². The summed E-state index contributed by atoms with van der Waals surface area (Å²) in [7, 11) is 0. The van der Waals surface area contributed by atoms with Crippen molar-refractivity contribution in [2.24, 2.45) is 0 Å². The van der Waals surface area contributed by atoms with Crippen molar-refractivity contribution in [3.8, 4) is 22.6 Å². The Morgan fingerprint density at radius 3 is 2.39 bits per heavy atom. The van der Waals surface area contributed by atoms with Crippen LogP contribution in [-0.4, -0.2) is 18.5 Å². The summed E-state index contributed by atoms with van der Waals surface area (Å²) in [6.45, 7) is 5.86. The van der Waals surface area contributed by atoms with Gasteiger partial charge in [-0.05, 0) is 84.3 Å². The van der Waals surface area contributed by atoms with Crippen molar-refractivity contribution in [3.63, 3.8) is 0 Å². The van der Waals surface area contributed by atoms with E-state index in [1.165, 1.54) is 6.92 Å². The first-order chi connectivity index (χ1) is 15.9. The van der Waals surface area contributed by atoms with Gasteiger partial charge in [0.2, 0.25) is 12.7 Å². The largest absolute Gasteiger partial charge is 0.454 e. The molecule has 168 valence electrons. The number of ketones is 1. The second kappa shape index (κ2) is 8.07. The first-order valence-electron chi connectivity index (χ1n) is 11.3. The molecule has 5 heteroatoms. The number of anilines is 1. The SMILES string of the molecule is CC(=O)Nc1ccc(-c2cc(CC(=O)C3(c4ccc5c(c4)OCO5)CC3)ccc2C)c(C)c1. The number of hydrogen-bond acceptors (Lipinski definition) is 4. The summed E-state index contributed by atoms with van der Waals surface area (Å²) in [6, 6.07) is 18.1. The number of ether oxygens (including phenoxy) is 2. The molecule has 3 aromatic carbocycles. The van der Waals surface area contributed by atoms with Crippen molar-refractivity contribution in [1.82, 2.24) is 0 Å². The second-order valence-electron chi connectivity index (χ2n) is 9.11. The molecular weight excluding hydrogens is 414 g/mol. The molecule has 0 saturated heterocycles. The van der Waals surface area contributed by atoms with Crippen LogP contribution in [0.3, 0.4) is 0 Å².